The lowest BCUT2D eigenvalue weighted by molar-refractivity contribution is 0.0437. The first-order chi connectivity index (χ1) is 11.6. The monoisotopic (exact) mass is 464 g/mol. The Morgan fingerprint density at radius 3 is 2.60 bits per heavy atom. The van der Waals surface area contributed by atoms with Gasteiger partial charge in [-0.2, -0.15) is 0 Å². The molecule has 2 rings (SSSR count). The second kappa shape index (κ2) is 11.7. The lowest BCUT2D eigenvalue weighted by Crippen LogP contribution is -2.42. The van der Waals surface area contributed by atoms with E-state index in [1.165, 1.54) is 38.8 Å². The molecule has 2 heterocycles. The third-order valence-electron chi connectivity index (χ3n) is 4.36. The van der Waals surface area contributed by atoms with E-state index < -0.39 is 5.60 Å². The summed E-state index contributed by atoms with van der Waals surface area (Å²) < 4.78 is 5.30. The molecule has 1 atom stereocenters. The van der Waals surface area contributed by atoms with Crippen LogP contribution >= 0.6 is 24.0 Å². The van der Waals surface area contributed by atoms with Crippen molar-refractivity contribution in [2.45, 2.75) is 45.1 Å². The van der Waals surface area contributed by atoms with Crippen LogP contribution in [0.2, 0.25) is 0 Å². The van der Waals surface area contributed by atoms with Crippen molar-refractivity contribution in [2.75, 3.05) is 39.3 Å². The molecule has 1 unspecified atom stereocenters. The van der Waals surface area contributed by atoms with E-state index in [-0.39, 0.29) is 30.5 Å². The van der Waals surface area contributed by atoms with Gasteiger partial charge in [-0.3, -0.25) is 0 Å². The summed E-state index contributed by atoms with van der Waals surface area (Å²) in [5, 5.41) is 17.1. The quantitative estimate of drug-likeness (QED) is 0.329. The van der Waals surface area contributed by atoms with Gasteiger partial charge in [0, 0.05) is 19.6 Å². The first-order valence-electron chi connectivity index (χ1n) is 9.13. The molecular formula is C18H33IN4O2. The molecule has 0 aromatic carbocycles. The van der Waals surface area contributed by atoms with Gasteiger partial charge in [-0.1, -0.05) is 12.8 Å². The van der Waals surface area contributed by atoms with Crippen molar-refractivity contribution in [2.24, 2.45) is 4.99 Å². The summed E-state index contributed by atoms with van der Waals surface area (Å²) in [6.45, 7) is 9.07. The largest absolute Gasteiger partial charge is 0.466 e. The van der Waals surface area contributed by atoms with E-state index in [1.807, 2.05) is 6.92 Å². The molecule has 0 saturated carbocycles. The molecule has 7 heteroatoms. The fourth-order valence-corrected chi connectivity index (χ4v) is 2.93. The van der Waals surface area contributed by atoms with Gasteiger partial charge in [0.15, 0.2) is 5.96 Å². The zero-order valence-electron chi connectivity index (χ0n) is 15.5. The Labute approximate surface area is 168 Å². The molecule has 1 aromatic rings. The summed E-state index contributed by atoms with van der Waals surface area (Å²) in [6.07, 6.45) is 6.89. The molecule has 0 spiro atoms. The molecule has 1 aliphatic rings. The third-order valence-corrected chi connectivity index (χ3v) is 4.36. The lowest BCUT2D eigenvalue weighted by atomic mass is 10.0. The zero-order valence-corrected chi connectivity index (χ0v) is 17.8. The smallest absolute Gasteiger partial charge is 0.191 e. The number of likely N-dealkylation sites (tertiary alicyclic amines) is 1. The van der Waals surface area contributed by atoms with Gasteiger partial charge in [0.25, 0.3) is 0 Å². The van der Waals surface area contributed by atoms with Crippen LogP contribution in [0, 0.1) is 0 Å². The minimum atomic E-state index is -1.10. The maximum absolute atomic E-state index is 10.5. The average Bonchev–Trinajstić information content (AvgIpc) is 2.99. The van der Waals surface area contributed by atoms with Crippen molar-refractivity contribution in [3.63, 3.8) is 0 Å². The van der Waals surface area contributed by atoms with E-state index in [2.05, 4.69) is 20.5 Å². The summed E-state index contributed by atoms with van der Waals surface area (Å²) >= 11 is 0. The Bertz CT molecular complexity index is 483. The Morgan fingerprint density at radius 2 is 2.00 bits per heavy atom. The number of hydrogen-bond donors (Lipinski definition) is 3. The van der Waals surface area contributed by atoms with Gasteiger partial charge in [-0.25, -0.2) is 4.99 Å². The molecule has 25 heavy (non-hydrogen) atoms. The number of halogens is 1. The number of aliphatic imine (C=N–C) groups is 1. The Morgan fingerprint density at radius 1 is 1.28 bits per heavy atom. The maximum atomic E-state index is 10.5. The predicted octanol–water partition coefficient (Wildman–Crippen LogP) is 2.54. The van der Waals surface area contributed by atoms with Gasteiger partial charge >= 0.3 is 0 Å². The van der Waals surface area contributed by atoms with Crippen LogP contribution in [-0.2, 0) is 5.60 Å². The second-order valence-electron chi connectivity index (χ2n) is 6.63. The summed E-state index contributed by atoms with van der Waals surface area (Å²) in [5.41, 5.74) is -1.10. The van der Waals surface area contributed by atoms with Gasteiger partial charge < -0.3 is 25.1 Å². The van der Waals surface area contributed by atoms with E-state index in [4.69, 9.17) is 4.42 Å². The van der Waals surface area contributed by atoms with Gasteiger partial charge in [0.2, 0.25) is 0 Å². The fraction of sp³-hybridized carbons (Fsp3) is 0.722. The van der Waals surface area contributed by atoms with Gasteiger partial charge in [-0.15, -0.1) is 24.0 Å². The van der Waals surface area contributed by atoms with Gasteiger partial charge in [0.1, 0.15) is 11.4 Å². The molecular weight excluding hydrogens is 431 g/mol. The van der Waals surface area contributed by atoms with Crippen molar-refractivity contribution in [1.82, 2.24) is 15.5 Å². The number of nitrogens with zero attached hydrogens (tertiary/aromatic N) is 2. The molecule has 0 bridgehead atoms. The normalized spacial score (nSPS) is 18.8. The highest BCUT2D eigenvalue weighted by Crippen LogP contribution is 2.20. The molecule has 3 N–H and O–H groups in total. The first kappa shape index (κ1) is 22.2. The number of rotatable bonds is 7. The molecule has 1 aromatic heterocycles. The molecule has 0 aliphatic carbocycles. The number of furan rings is 1. The zero-order chi connectivity index (χ0) is 17.3. The predicted molar refractivity (Wildman–Crippen MR) is 113 cm³/mol. The van der Waals surface area contributed by atoms with Gasteiger partial charge in [-0.05, 0) is 51.9 Å². The van der Waals surface area contributed by atoms with Gasteiger partial charge in [0.05, 0.1) is 12.8 Å². The Hall–Kier alpha value is -0.800. The van der Waals surface area contributed by atoms with Crippen molar-refractivity contribution < 1.29 is 9.52 Å². The third kappa shape index (κ3) is 7.96. The minimum Gasteiger partial charge on any atom is -0.466 e. The number of nitrogens with one attached hydrogen (secondary N) is 2. The molecule has 1 aliphatic heterocycles. The molecule has 1 saturated heterocycles. The van der Waals surface area contributed by atoms with Crippen molar-refractivity contribution in [3.05, 3.63) is 24.2 Å². The van der Waals surface area contributed by atoms with Crippen molar-refractivity contribution >= 4 is 29.9 Å². The molecule has 0 radical (unpaired) electrons. The molecule has 0 amide bonds. The van der Waals surface area contributed by atoms with E-state index in [1.54, 1.807) is 25.3 Å². The van der Waals surface area contributed by atoms with Crippen LogP contribution < -0.4 is 10.6 Å². The van der Waals surface area contributed by atoms with Crippen LogP contribution in [0.5, 0.6) is 0 Å². The first-order valence-corrected chi connectivity index (χ1v) is 9.13. The Balaban J connectivity index is 0.00000312. The highest BCUT2D eigenvalue weighted by atomic mass is 127. The Kier molecular flexibility index (Phi) is 10.4. The molecule has 144 valence electrons. The summed E-state index contributed by atoms with van der Waals surface area (Å²) in [7, 11) is 0. The van der Waals surface area contributed by atoms with Crippen LogP contribution in [0.15, 0.2) is 27.8 Å². The van der Waals surface area contributed by atoms with Crippen LogP contribution in [-0.4, -0.2) is 55.2 Å². The second-order valence-corrected chi connectivity index (χ2v) is 6.63. The maximum Gasteiger partial charge on any atom is 0.191 e. The van der Waals surface area contributed by atoms with Crippen LogP contribution in [0.1, 0.15) is 45.3 Å². The van der Waals surface area contributed by atoms with Crippen LogP contribution in [0.3, 0.4) is 0 Å². The van der Waals surface area contributed by atoms with E-state index >= 15 is 0 Å². The number of aliphatic hydroxyl groups is 1. The molecule has 6 nitrogen and oxygen atoms in total. The highest BCUT2D eigenvalue weighted by molar-refractivity contribution is 14.0. The van der Waals surface area contributed by atoms with Crippen molar-refractivity contribution in [1.29, 1.82) is 0 Å². The lowest BCUT2D eigenvalue weighted by Gasteiger charge is -2.22. The number of hydrogen-bond acceptors (Lipinski definition) is 4. The molecule has 1 fully saturated rings. The van der Waals surface area contributed by atoms with Crippen molar-refractivity contribution in [3.8, 4) is 0 Å². The minimum absolute atomic E-state index is 0. The average molecular weight is 464 g/mol. The van der Waals surface area contributed by atoms with E-state index in [9.17, 15) is 5.11 Å². The SMILES string of the molecule is CCNC(=NCC(C)(O)c1ccco1)NCCN1CCCCCC1.I. The number of guanidine groups is 1. The topological polar surface area (TPSA) is 73.0 Å². The standard InChI is InChI=1S/C18H32N4O2.HI/c1-3-19-17(20-10-13-22-11-6-4-5-7-12-22)21-15-18(2,23)16-9-8-14-24-16;/h8-9,14,23H,3-7,10-13,15H2,1-2H3,(H2,19,20,21);1H. The van der Waals surface area contributed by atoms with Crippen LogP contribution in [0.25, 0.3) is 0 Å². The van der Waals surface area contributed by atoms with E-state index in [0.717, 1.165) is 25.6 Å². The summed E-state index contributed by atoms with van der Waals surface area (Å²) in [6, 6.07) is 3.55. The van der Waals surface area contributed by atoms with E-state index in [0.29, 0.717) is 5.76 Å². The summed E-state index contributed by atoms with van der Waals surface area (Å²) in [5.74, 6) is 1.27. The summed E-state index contributed by atoms with van der Waals surface area (Å²) in [4.78, 5) is 7.02. The van der Waals surface area contributed by atoms with Crippen LogP contribution in [0.4, 0.5) is 0 Å². The fourth-order valence-electron chi connectivity index (χ4n) is 2.93. The highest BCUT2D eigenvalue weighted by Gasteiger charge is 2.26.